The lowest BCUT2D eigenvalue weighted by atomic mass is 10.1. The number of hydrogen-bond acceptors (Lipinski definition) is 4. The Hall–Kier alpha value is -1.59. The molecule has 0 saturated carbocycles. The average molecular weight is 345 g/mol. The molecule has 1 amide bonds. The second-order valence-electron chi connectivity index (χ2n) is 7.71. The van der Waals surface area contributed by atoms with Crippen LogP contribution in [-0.2, 0) is 4.74 Å². The van der Waals surface area contributed by atoms with E-state index >= 15 is 0 Å². The minimum atomic E-state index is 0.169. The molecule has 2 aliphatic heterocycles. The Balaban J connectivity index is 1.65. The van der Waals surface area contributed by atoms with Crippen LogP contribution in [0.25, 0.3) is 0 Å². The number of carbonyl (C=O) groups is 1. The van der Waals surface area contributed by atoms with E-state index in [0.717, 1.165) is 50.3 Å². The Morgan fingerprint density at radius 2 is 1.80 bits per heavy atom. The molecule has 2 heterocycles. The molecule has 0 bridgehead atoms. The topological polar surface area (TPSA) is 36.0 Å². The smallest absolute Gasteiger partial charge is 0.254 e. The predicted molar refractivity (Wildman–Crippen MR) is 101 cm³/mol. The number of rotatable bonds is 4. The molecule has 0 radical (unpaired) electrons. The highest BCUT2D eigenvalue weighted by molar-refractivity contribution is 5.95. The van der Waals surface area contributed by atoms with Crippen molar-refractivity contribution >= 4 is 11.6 Å². The summed E-state index contributed by atoms with van der Waals surface area (Å²) in [6.45, 7) is 8.01. The van der Waals surface area contributed by atoms with Crippen LogP contribution in [0, 0.1) is 0 Å². The fraction of sp³-hybridized carbons (Fsp3) is 0.650. The summed E-state index contributed by atoms with van der Waals surface area (Å²) in [5.41, 5.74) is 1.91. The van der Waals surface area contributed by atoms with Crippen molar-refractivity contribution in [2.45, 2.75) is 44.9 Å². The molecular weight excluding hydrogens is 314 g/mol. The predicted octanol–water partition coefficient (Wildman–Crippen LogP) is 2.47. The van der Waals surface area contributed by atoms with Crippen molar-refractivity contribution in [3.63, 3.8) is 0 Å². The van der Waals surface area contributed by atoms with Gasteiger partial charge in [0.25, 0.3) is 5.91 Å². The van der Waals surface area contributed by atoms with Crippen LogP contribution in [0.5, 0.6) is 0 Å². The zero-order valence-electron chi connectivity index (χ0n) is 15.9. The highest BCUT2D eigenvalue weighted by Crippen LogP contribution is 2.23. The van der Waals surface area contributed by atoms with E-state index < -0.39 is 0 Å². The third kappa shape index (κ3) is 4.33. The van der Waals surface area contributed by atoms with E-state index in [1.54, 1.807) is 0 Å². The second kappa shape index (κ2) is 7.75. The molecule has 0 unspecified atom stereocenters. The summed E-state index contributed by atoms with van der Waals surface area (Å²) in [7, 11) is 4.02. The van der Waals surface area contributed by atoms with Gasteiger partial charge in [-0.05, 0) is 51.0 Å². The van der Waals surface area contributed by atoms with Gasteiger partial charge < -0.3 is 14.5 Å². The maximum Gasteiger partial charge on any atom is 0.254 e. The molecule has 3 atom stereocenters. The molecule has 5 heteroatoms. The molecule has 138 valence electrons. The third-order valence-corrected chi connectivity index (χ3v) is 5.23. The van der Waals surface area contributed by atoms with Gasteiger partial charge in [-0.2, -0.15) is 0 Å². The Labute approximate surface area is 151 Å². The first-order valence-electron chi connectivity index (χ1n) is 9.40. The van der Waals surface area contributed by atoms with Gasteiger partial charge in [-0.15, -0.1) is 0 Å². The normalized spacial score (nSPS) is 27.5. The van der Waals surface area contributed by atoms with Crippen molar-refractivity contribution in [3.05, 3.63) is 29.8 Å². The largest absolute Gasteiger partial charge is 0.378 e. The van der Waals surface area contributed by atoms with Gasteiger partial charge >= 0.3 is 0 Å². The molecule has 0 aliphatic carbocycles. The minimum Gasteiger partial charge on any atom is -0.378 e. The van der Waals surface area contributed by atoms with E-state index in [-0.39, 0.29) is 18.1 Å². The average Bonchev–Trinajstić information content (AvgIpc) is 3.01. The van der Waals surface area contributed by atoms with E-state index in [0.29, 0.717) is 6.04 Å². The summed E-state index contributed by atoms with van der Waals surface area (Å²) in [4.78, 5) is 19.6. The van der Waals surface area contributed by atoms with E-state index in [1.807, 2.05) is 43.3 Å². The number of carbonyl (C=O) groups excluding carboxylic acids is 1. The standard InChI is InChI=1S/C20H31N3O2/c1-15-12-22(13-16(2)25-15)14-19-6-5-11-23(19)20(24)17-7-9-18(10-8-17)21(3)4/h7-10,15-16,19H,5-6,11-14H2,1-4H3/t15-,16-,19+/m1/s1. The SMILES string of the molecule is C[C@@H]1CN(C[C@@H]2CCCN2C(=O)c2ccc(N(C)C)cc2)C[C@@H](C)O1. The van der Waals surface area contributed by atoms with Crippen LogP contribution >= 0.6 is 0 Å². The van der Waals surface area contributed by atoms with Crippen LogP contribution in [0.15, 0.2) is 24.3 Å². The Kier molecular flexibility index (Phi) is 5.64. The molecule has 3 rings (SSSR count). The number of benzene rings is 1. The van der Waals surface area contributed by atoms with Crippen LogP contribution in [0.3, 0.4) is 0 Å². The summed E-state index contributed by atoms with van der Waals surface area (Å²) < 4.78 is 5.83. The molecule has 1 aromatic carbocycles. The summed E-state index contributed by atoms with van der Waals surface area (Å²) in [6.07, 6.45) is 2.74. The van der Waals surface area contributed by atoms with Crippen LogP contribution in [0.1, 0.15) is 37.0 Å². The summed E-state index contributed by atoms with van der Waals surface area (Å²) >= 11 is 0. The molecule has 1 aromatic rings. The van der Waals surface area contributed by atoms with Crippen molar-refractivity contribution in [1.29, 1.82) is 0 Å². The van der Waals surface area contributed by atoms with Crippen molar-refractivity contribution < 1.29 is 9.53 Å². The highest BCUT2D eigenvalue weighted by Gasteiger charge is 2.32. The first-order chi connectivity index (χ1) is 11.9. The van der Waals surface area contributed by atoms with E-state index in [4.69, 9.17) is 4.74 Å². The zero-order valence-corrected chi connectivity index (χ0v) is 15.9. The monoisotopic (exact) mass is 345 g/mol. The molecule has 2 fully saturated rings. The summed E-state index contributed by atoms with van der Waals surface area (Å²) in [5, 5.41) is 0. The maximum absolute atomic E-state index is 13.0. The quantitative estimate of drug-likeness (QED) is 0.840. The van der Waals surface area contributed by atoms with Crippen molar-refractivity contribution in [2.24, 2.45) is 0 Å². The molecule has 0 aromatic heterocycles. The Bertz CT molecular complexity index is 577. The van der Waals surface area contributed by atoms with Gasteiger partial charge in [-0.3, -0.25) is 9.69 Å². The van der Waals surface area contributed by atoms with Crippen LogP contribution in [0.4, 0.5) is 5.69 Å². The minimum absolute atomic E-state index is 0.169. The first kappa shape index (κ1) is 18.2. The lowest BCUT2D eigenvalue weighted by Crippen LogP contribution is -2.50. The number of nitrogens with zero attached hydrogens (tertiary/aromatic N) is 3. The lowest BCUT2D eigenvalue weighted by Gasteiger charge is -2.38. The number of likely N-dealkylation sites (tertiary alicyclic amines) is 1. The van der Waals surface area contributed by atoms with Gasteiger partial charge in [0.1, 0.15) is 0 Å². The fourth-order valence-electron chi connectivity index (χ4n) is 4.09. The summed E-state index contributed by atoms with van der Waals surface area (Å²) in [6, 6.07) is 8.25. The second-order valence-corrected chi connectivity index (χ2v) is 7.71. The molecule has 0 N–H and O–H groups in total. The molecule has 0 spiro atoms. The van der Waals surface area contributed by atoms with Crippen LogP contribution in [-0.4, -0.2) is 74.2 Å². The number of anilines is 1. The van der Waals surface area contributed by atoms with Crippen molar-refractivity contribution in [3.8, 4) is 0 Å². The summed E-state index contributed by atoms with van der Waals surface area (Å²) in [5.74, 6) is 0.169. The van der Waals surface area contributed by atoms with Crippen LogP contribution < -0.4 is 4.90 Å². The molecule has 25 heavy (non-hydrogen) atoms. The van der Waals surface area contributed by atoms with Gasteiger partial charge in [-0.1, -0.05) is 0 Å². The molecule has 2 saturated heterocycles. The third-order valence-electron chi connectivity index (χ3n) is 5.23. The van der Waals surface area contributed by atoms with Gasteiger partial charge in [-0.25, -0.2) is 0 Å². The Morgan fingerprint density at radius 1 is 1.16 bits per heavy atom. The molecular formula is C20H31N3O2. The zero-order chi connectivity index (χ0) is 18.0. The van der Waals surface area contributed by atoms with Crippen LogP contribution in [0.2, 0.25) is 0 Å². The van der Waals surface area contributed by atoms with Crippen molar-refractivity contribution in [1.82, 2.24) is 9.80 Å². The van der Waals surface area contributed by atoms with Gasteiger partial charge in [0.15, 0.2) is 0 Å². The van der Waals surface area contributed by atoms with Gasteiger partial charge in [0.2, 0.25) is 0 Å². The van der Waals surface area contributed by atoms with Gasteiger partial charge in [0, 0.05) is 57.6 Å². The maximum atomic E-state index is 13.0. The number of amides is 1. The van der Waals surface area contributed by atoms with Crippen molar-refractivity contribution in [2.75, 3.05) is 45.2 Å². The van der Waals surface area contributed by atoms with E-state index in [9.17, 15) is 4.79 Å². The number of hydrogen-bond donors (Lipinski definition) is 0. The number of ether oxygens (including phenoxy) is 1. The Morgan fingerprint density at radius 3 is 2.40 bits per heavy atom. The van der Waals surface area contributed by atoms with Gasteiger partial charge in [0.05, 0.1) is 12.2 Å². The fourth-order valence-corrected chi connectivity index (χ4v) is 4.09. The van der Waals surface area contributed by atoms with E-state index in [1.165, 1.54) is 0 Å². The molecule has 2 aliphatic rings. The number of morpholine rings is 1. The first-order valence-corrected chi connectivity index (χ1v) is 9.40. The molecule has 5 nitrogen and oxygen atoms in total. The lowest BCUT2D eigenvalue weighted by molar-refractivity contribution is -0.0715. The highest BCUT2D eigenvalue weighted by atomic mass is 16.5. The van der Waals surface area contributed by atoms with E-state index in [2.05, 4.69) is 23.6 Å².